The van der Waals surface area contributed by atoms with Crippen LogP contribution in [-0.2, 0) is 9.53 Å². The highest BCUT2D eigenvalue weighted by Crippen LogP contribution is 2.33. The topological polar surface area (TPSA) is 65.2 Å². The molecule has 0 N–H and O–H groups in total. The minimum atomic E-state index is -0.176. The van der Waals surface area contributed by atoms with E-state index in [1.165, 1.54) is 0 Å². The lowest BCUT2D eigenvalue weighted by atomic mass is 10.2. The van der Waals surface area contributed by atoms with Crippen molar-refractivity contribution in [1.82, 2.24) is 10.2 Å². The fraction of sp³-hybridized carbons (Fsp3) is 0.438. The maximum atomic E-state index is 11.5. The Bertz CT molecular complexity index is 600. The van der Waals surface area contributed by atoms with Crippen LogP contribution in [0.1, 0.15) is 38.3 Å². The van der Waals surface area contributed by atoms with Crippen LogP contribution in [0.25, 0.3) is 11.5 Å². The van der Waals surface area contributed by atoms with E-state index in [1.54, 1.807) is 11.8 Å². The monoisotopic (exact) mass is 320 g/mol. The molecule has 1 aromatic carbocycles. The van der Waals surface area contributed by atoms with E-state index in [0.717, 1.165) is 5.56 Å². The summed E-state index contributed by atoms with van der Waals surface area (Å²) in [6.07, 6.45) is 0.378. The van der Waals surface area contributed by atoms with Crippen molar-refractivity contribution in [3.05, 3.63) is 36.2 Å². The van der Waals surface area contributed by atoms with Crippen molar-refractivity contribution in [3.8, 4) is 11.5 Å². The summed E-state index contributed by atoms with van der Waals surface area (Å²) < 4.78 is 10.7. The zero-order valence-electron chi connectivity index (χ0n) is 13.0. The van der Waals surface area contributed by atoms with Gasteiger partial charge in [0.2, 0.25) is 11.8 Å². The molecule has 0 fully saturated rings. The molecule has 1 heterocycles. The summed E-state index contributed by atoms with van der Waals surface area (Å²) in [5.41, 5.74) is 0.901. The Balaban J connectivity index is 1.94. The van der Waals surface area contributed by atoms with E-state index in [2.05, 4.69) is 10.2 Å². The van der Waals surface area contributed by atoms with Gasteiger partial charge in [0.05, 0.1) is 18.3 Å². The maximum absolute atomic E-state index is 11.5. The Hall–Kier alpha value is -1.82. The first-order valence-corrected chi connectivity index (χ1v) is 8.24. The van der Waals surface area contributed by atoms with Gasteiger partial charge in [-0.1, -0.05) is 25.1 Å². The molecule has 118 valence electrons. The number of esters is 1. The SMILES string of the molecule is CCOC(=O)C[C@H](C)S[C@@H](C)c1nnc(-c2ccccc2)o1. The molecule has 1 aromatic heterocycles. The fourth-order valence-electron chi connectivity index (χ4n) is 2.01. The molecule has 0 bridgehead atoms. The lowest BCUT2D eigenvalue weighted by Crippen LogP contribution is -2.11. The van der Waals surface area contributed by atoms with Gasteiger partial charge in [0.25, 0.3) is 0 Å². The molecule has 0 aliphatic rings. The van der Waals surface area contributed by atoms with Crippen LogP contribution in [0.3, 0.4) is 0 Å². The van der Waals surface area contributed by atoms with Crippen molar-refractivity contribution in [2.45, 2.75) is 37.7 Å². The largest absolute Gasteiger partial charge is 0.466 e. The van der Waals surface area contributed by atoms with Crippen LogP contribution in [0, 0.1) is 0 Å². The van der Waals surface area contributed by atoms with Gasteiger partial charge in [-0.05, 0) is 26.0 Å². The van der Waals surface area contributed by atoms with Crippen LogP contribution < -0.4 is 0 Å². The molecule has 22 heavy (non-hydrogen) atoms. The molecule has 0 saturated carbocycles. The summed E-state index contributed by atoms with van der Waals surface area (Å²) >= 11 is 1.62. The minimum Gasteiger partial charge on any atom is -0.466 e. The third kappa shape index (κ3) is 4.59. The van der Waals surface area contributed by atoms with Crippen molar-refractivity contribution < 1.29 is 13.9 Å². The van der Waals surface area contributed by atoms with Gasteiger partial charge in [-0.3, -0.25) is 4.79 Å². The average molecular weight is 320 g/mol. The predicted molar refractivity (Wildman–Crippen MR) is 86.5 cm³/mol. The first-order valence-electron chi connectivity index (χ1n) is 7.30. The summed E-state index contributed by atoms with van der Waals surface area (Å²) in [5.74, 6) is 0.908. The van der Waals surface area contributed by atoms with E-state index in [0.29, 0.717) is 24.8 Å². The molecule has 2 aromatic rings. The quantitative estimate of drug-likeness (QED) is 0.721. The van der Waals surface area contributed by atoms with E-state index in [1.807, 2.05) is 51.1 Å². The predicted octanol–water partition coefficient (Wildman–Crippen LogP) is 3.87. The van der Waals surface area contributed by atoms with Gasteiger partial charge in [0.1, 0.15) is 0 Å². The van der Waals surface area contributed by atoms with Gasteiger partial charge in [0.15, 0.2) is 0 Å². The summed E-state index contributed by atoms with van der Waals surface area (Å²) in [6, 6.07) is 9.66. The van der Waals surface area contributed by atoms with Gasteiger partial charge >= 0.3 is 5.97 Å². The number of nitrogens with zero attached hydrogens (tertiary/aromatic N) is 2. The number of hydrogen-bond donors (Lipinski definition) is 0. The van der Waals surface area contributed by atoms with Crippen LogP contribution in [0.15, 0.2) is 34.7 Å². The van der Waals surface area contributed by atoms with Crippen molar-refractivity contribution in [1.29, 1.82) is 0 Å². The number of benzene rings is 1. The van der Waals surface area contributed by atoms with E-state index >= 15 is 0 Å². The lowest BCUT2D eigenvalue weighted by molar-refractivity contribution is -0.142. The fourth-order valence-corrected chi connectivity index (χ4v) is 3.15. The molecule has 0 unspecified atom stereocenters. The number of aromatic nitrogens is 2. The number of thioether (sulfide) groups is 1. The average Bonchev–Trinajstić information content (AvgIpc) is 2.98. The first kappa shape index (κ1) is 16.5. The highest BCUT2D eigenvalue weighted by Gasteiger charge is 2.20. The van der Waals surface area contributed by atoms with Crippen LogP contribution in [-0.4, -0.2) is 28.0 Å². The molecule has 6 heteroatoms. The molecule has 2 atom stereocenters. The van der Waals surface area contributed by atoms with Gasteiger partial charge in [0, 0.05) is 10.8 Å². The van der Waals surface area contributed by atoms with E-state index in [-0.39, 0.29) is 16.5 Å². The Labute approximate surface area is 134 Å². The molecular formula is C16H20N2O3S. The van der Waals surface area contributed by atoms with Crippen molar-refractivity contribution in [2.24, 2.45) is 0 Å². The Morgan fingerprint density at radius 2 is 2.00 bits per heavy atom. The van der Waals surface area contributed by atoms with Crippen molar-refractivity contribution in [2.75, 3.05) is 6.61 Å². The second-order valence-corrected chi connectivity index (χ2v) is 6.69. The summed E-state index contributed by atoms with van der Waals surface area (Å²) in [5, 5.41) is 8.34. The summed E-state index contributed by atoms with van der Waals surface area (Å²) in [7, 11) is 0. The number of rotatable bonds is 7. The Morgan fingerprint density at radius 1 is 1.27 bits per heavy atom. The van der Waals surface area contributed by atoms with Gasteiger partial charge in [-0.15, -0.1) is 22.0 Å². The highest BCUT2D eigenvalue weighted by atomic mass is 32.2. The zero-order valence-corrected chi connectivity index (χ0v) is 13.8. The molecule has 0 aliphatic heterocycles. The van der Waals surface area contributed by atoms with Gasteiger partial charge in [-0.25, -0.2) is 0 Å². The second kappa shape index (κ2) is 7.98. The van der Waals surface area contributed by atoms with E-state index in [4.69, 9.17) is 9.15 Å². The molecule has 0 amide bonds. The molecule has 0 spiro atoms. The molecule has 2 rings (SSSR count). The summed E-state index contributed by atoms with van der Waals surface area (Å²) in [6.45, 7) is 6.21. The zero-order chi connectivity index (χ0) is 15.9. The second-order valence-electron chi connectivity index (χ2n) is 4.91. The maximum Gasteiger partial charge on any atom is 0.306 e. The number of carbonyl (C=O) groups is 1. The number of hydrogen-bond acceptors (Lipinski definition) is 6. The Morgan fingerprint density at radius 3 is 2.68 bits per heavy atom. The van der Waals surface area contributed by atoms with Crippen LogP contribution in [0.5, 0.6) is 0 Å². The molecular weight excluding hydrogens is 300 g/mol. The third-order valence-electron chi connectivity index (χ3n) is 3.01. The Kier molecular flexibility index (Phi) is 6.00. The first-order chi connectivity index (χ1) is 10.6. The van der Waals surface area contributed by atoms with Crippen molar-refractivity contribution in [3.63, 3.8) is 0 Å². The number of carbonyl (C=O) groups excluding carboxylic acids is 1. The highest BCUT2D eigenvalue weighted by molar-refractivity contribution is 8.00. The van der Waals surface area contributed by atoms with Gasteiger partial charge < -0.3 is 9.15 Å². The van der Waals surface area contributed by atoms with Crippen LogP contribution in [0.4, 0.5) is 0 Å². The van der Waals surface area contributed by atoms with Crippen LogP contribution in [0.2, 0.25) is 0 Å². The number of ether oxygens (including phenoxy) is 1. The molecule has 0 radical (unpaired) electrons. The normalized spacial score (nSPS) is 13.6. The van der Waals surface area contributed by atoms with Crippen LogP contribution >= 0.6 is 11.8 Å². The smallest absolute Gasteiger partial charge is 0.306 e. The van der Waals surface area contributed by atoms with E-state index in [9.17, 15) is 4.79 Å². The minimum absolute atomic E-state index is 0.0226. The molecule has 5 nitrogen and oxygen atoms in total. The molecule has 0 saturated heterocycles. The standard InChI is InChI=1S/C16H20N2O3S/c1-4-20-14(19)10-11(2)22-12(3)15-17-18-16(21-15)13-8-6-5-7-9-13/h5-9,11-12H,4,10H2,1-3H3/t11-,12-/m0/s1. The molecule has 0 aliphatic carbocycles. The van der Waals surface area contributed by atoms with E-state index < -0.39 is 0 Å². The van der Waals surface area contributed by atoms with Gasteiger partial charge in [-0.2, -0.15) is 0 Å². The third-order valence-corrected chi connectivity index (χ3v) is 4.25. The van der Waals surface area contributed by atoms with Crippen molar-refractivity contribution >= 4 is 17.7 Å². The summed E-state index contributed by atoms with van der Waals surface area (Å²) in [4.78, 5) is 11.5. The lowest BCUT2D eigenvalue weighted by Gasteiger charge is -2.13.